The number of nitro benzene ring substituents is 1. The Bertz CT molecular complexity index is 1000. The zero-order chi connectivity index (χ0) is 22.6. The number of rotatable bonds is 8. The van der Waals surface area contributed by atoms with Crippen LogP contribution in [0.15, 0.2) is 53.4 Å². The monoisotopic (exact) mass is 447 g/mol. The van der Waals surface area contributed by atoms with Gasteiger partial charge in [-0.05, 0) is 30.8 Å². The molecule has 1 heterocycles. The molecule has 1 unspecified atom stereocenters. The Labute approximate surface area is 183 Å². The number of nitrogens with zero attached hydrogens (tertiary/aromatic N) is 4. The molecule has 0 radical (unpaired) electrons. The van der Waals surface area contributed by atoms with Crippen LogP contribution in [0.25, 0.3) is 0 Å². The van der Waals surface area contributed by atoms with Crippen LogP contribution in [-0.2, 0) is 10.0 Å². The van der Waals surface area contributed by atoms with E-state index in [1.54, 1.807) is 0 Å². The molecule has 1 saturated heterocycles. The maximum Gasteiger partial charge on any atom is 0.270 e. The SMILES string of the molecule is CN1CCN(C(CNS(=O)(=O)c2cccc([N+](=O)[O-])c2)c2ccc(N(C)C)cc2)CC1. The second kappa shape index (κ2) is 9.73. The Kier molecular flexibility index (Phi) is 7.26. The maximum atomic E-state index is 12.9. The van der Waals surface area contributed by atoms with E-state index in [0.29, 0.717) is 0 Å². The van der Waals surface area contributed by atoms with Crippen LogP contribution in [-0.4, -0.2) is 77.0 Å². The van der Waals surface area contributed by atoms with Crippen molar-refractivity contribution in [2.75, 3.05) is 58.8 Å². The zero-order valence-electron chi connectivity index (χ0n) is 18.1. The number of nitrogens with one attached hydrogen (secondary N) is 1. The standard InChI is InChI=1S/C21H29N5O4S/c1-23(2)18-9-7-17(8-10-18)21(25-13-11-24(3)12-14-25)16-22-31(29,30)20-6-4-5-19(15-20)26(27)28/h4-10,15,21-22H,11-14,16H2,1-3H3. The van der Waals surface area contributed by atoms with Crippen LogP contribution >= 0.6 is 0 Å². The van der Waals surface area contributed by atoms with Gasteiger partial charge in [0.05, 0.1) is 9.82 Å². The van der Waals surface area contributed by atoms with Crippen molar-refractivity contribution in [2.24, 2.45) is 0 Å². The molecule has 2 aromatic carbocycles. The van der Waals surface area contributed by atoms with Crippen molar-refractivity contribution in [3.8, 4) is 0 Å². The largest absolute Gasteiger partial charge is 0.378 e. The molecule has 9 nitrogen and oxygen atoms in total. The van der Waals surface area contributed by atoms with Crippen LogP contribution in [0.4, 0.5) is 11.4 Å². The van der Waals surface area contributed by atoms with Crippen molar-refractivity contribution in [2.45, 2.75) is 10.9 Å². The summed E-state index contributed by atoms with van der Waals surface area (Å²) in [4.78, 5) is 16.8. The fraction of sp³-hybridized carbons (Fsp3) is 0.429. The smallest absolute Gasteiger partial charge is 0.270 e. The van der Waals surface area contributed by atoms with Crippen LogP contribution in [0, 0.1) is 10.1 Å². The van der Waals surface area contributed by atoms with Gasteiger partial charge in [-0.25, -0.2) is 13.1 Å². The molecule has 0 bridgehead atoms. The Morgan fingerprint density at radius 3 is 2.32 bits per heavy atom. The molecule has 1 N–H and O–H groups in total. The molecule has 0 aromatic heterocycles. The summed E-state index contributed by atoms with van der Waals surface area (Å²) in [5, 5.41) is 11.0. The number of non-ortho nitro benzene ring substituents is 1. The van der Waals surface area contributed by atoms with Gasteiger partial charge in [-0.15, -0.1) is 0 Å². The van der Waals surface area contributed by atoms with Gasteiger partial charge >= 0.3 is 0 Å². The molecule has 1 fully saturated rings. The molecule has 0 spiro atoms. The highest BCUT2D eigenvalue weighted by atomic mass is 32.2. The van der Waals surface area contributed by atoms with E-state index in [1.165, 1.54) is 18.2 Å². The number of nitro groups is 1. The van der Waals surface area contributed by atoms with Crippen molar-refractivity contribution < 1.29 is 13.3 Å². The third kappa shape index (κ3) is 5.79. The normalized spacial score (nSPS) is 16.7. The van der Waals surface area contributed by atoms with Gasteiger partial charge in [-0.2, -0.15) is 0 Å². The molecule has 1 atom stereocenters. The van der Waals surface area contributed by atoms with Crippen LogP contribution in [0.1, 0.15) is 11.6 Å². The lowest BCUT2D eigenvalue weighted by molar-refractivity contribution is -0.385. The van der Waals surface area contributed by atoms with Gasteiger partial charge in [0.1, 0.15) is 0 Å². The molecular formula is C21H29N5O4S. The van der Waals surface area contributed by atoms with Crippen LogP contribution < -0.4 is 9.62 Å². The first-order valence-corrected chi connectivity index (χ1v) is 11.6. The van der Waals surface area contributed by atoms with Crippen LogP contribution in [0.5, 0.6) is 0 Å². The van der Waals surface area contributed by atoms with Gasteiger partial charge in [0.2, 0.25) is 10.0 Å². The quantitative estimate of drug-likeness (QED) is 0.488. The summed E-state index contributed by atoms with van der Waals surface area (Å²) in [6.45, 7) is 3.65. The van der Waals surface area contributed by atoms with E-state index in [2.05, 4.69) is 21.6 Å². The number of hydrogen-bond acceptors (Lipinski definition) is 7. The lowest BCUT2D eigenvalue weighted by Crippen LogP contribution is -2.48. The first kappa shape index (κ1) is 23.1. The Morgan fingerprint density at radius 2 is 1.74 bits per heavy atom. The zero-order valence-corrected chi connectivity index (χ0v) is 18.9. The van der Waals surface area contributed by atoms with Crippen LogP contribution in [0.2, 0.25) is 0 Å². The Balaban J connectivity index is 1.82. The molecule has 0 aliphatic carbocycles. The van der Waals surface area contributed by atoms with Crippen molar-refractivity contribution >= 4 is 21.4 Å². The number of likely N-dealkylation sites (N-methyl/N-ethyl adjacent to an activating group) is 1. The number of hydrogen-bond donors (Lipinski definition) is 1. The second-order valence-electron chi connectivity index (χ2n) is 7.95. The minimum Gasteiger partial charge on any atom is -0.378 e. The predicted molar refractivity (Wildman–Crippen MR) is 121 cm³/mol. The first-order valence-electron chi connectivity index (χ1n) is 10.1. The third-order valence-corrected chi connectivity index (χ3v) is 7.00. The number of anilines is 1. The fourth-order valence-electron chi connectivity index (χ4n) is 3.62. The van der Waals surface area contributed by atoms with E-state index in [0.717, 1.165) is 43.5 Å². The molecule has 3 rings (SSSR count). The molecular weight excluding hydrogens is 418 g/mol. The van der Waals surface area contributed by atoms with Crippen molar-refractivity contribution in [1.29, 1.82) is 0 Å². The summed E-state index contributed by atoms with van der Waals surface area (Å²) in [5.74, 6) is 0. The predicted octanol–water partition coefficient (Wildman–Crippen LogP) is 1.93. The molecule has 168 valence electrons. The molecule has 10 heteroatoms. The van der Waals surface area contributed by atoms with Gasteiger partial charge in [0, 0.05) is 70.7 Å². The van der Waals surface area contributed by atoms with Crippen molar-refractivity contribution in [3.05, 3.63) is 64.2 Å². The van der Waals surface area contributed by atoms with Gasteiger partial charge in [-0.1, -0.05) is 18.2 Å². The topological polar surface area (TPSA) is 99.0 Å². The number of benzene rings is 2. The summed E-state index contributed by atoms with van der Waals surface area (Å²) in [6.07, 6.45) is 0. The van der Waals surface area contributed by atoms with Gasteiger partial charge in [0.15, 0.2) is 0 Å². The third-order valence-electron chi connectivity index (χ3n) is 5.58. The van der Waals surface area contributed by atoms with E-state index < -0.39 is 14.9 Å². The number of sulfonamides is 1. The Morgan fingerprint density at radius 1 is 1.10 bits per heavy atom. The highest BCUT2D eigenvalue weighted by molar-refractivity contribution is 7.89. The molecule has 2 aromatic rings. The van der Waals surface area contributed by atoms with E-state index in [9.17, 15) is 18.5 Å². The van der Waals surface area contributed by atoms with Gasteiger partial charge in [0.25, 0.3) is 5.69 Å². The highest BCUT2D eigenvalue weighted by Gasteiger charge is 2.26. The molecule has 1 aliphatic rings. The molecule has 0 saturated carbocycles. The van der Waals surface area contributed by atoms with Gasteiger partial charge < -0.3 is 9.80 Å². The summed E-state index contributed by atoms with van der Waals surface area (Å²) in [5.41, 5.74) is 1.84. The summed E-state index contributed by atoms with van der Waals surface area (Å²) in [7, 11) is 2.13. The lowest BCUT2D eigenvalue weighted by Gasteiger charge is -2.38. The summed E-state index contributed by atoms with van der Waals surface area (Å²) >= 11 is 0. The number of piperazine rings is 1. The average Bonchev–Trinajstić information content (AvgIpc) is 2.75. The summed E-state index contributed by atoms with van der Waals surface area (Å²) < 4.78 is 28.4. The second-order valence-corrected chi connectivity index (χ2v) is 9.71. The van der Waals surface area contributed by atoms with E-state index in [4.69, 9.17) is 0 Å². The summed E-state index contributed by atoms with van der Waals surface area (Å²) in [6, 6.07) is 13.1. The average molecular weight is 448 g/mol. The first-order chi connectivity index (χ1) is 14.7. The minimum absolute atomic E-state index is 0.109. The highest BCUT2D eigenvalue weighted by Crippen LogP contribution is 2.25. The molecule has 1 aliphatic heterocycles. The van der Waals surface area contributed by atoms with Crippen molar-refractivity contribution in [3.63, 3.8) is 0 Å². The van der Waals surface area contributed by atoms with Crippen molar-refractivity contribution in [1.82, 2.24) is 14.5 Å². The minimum atomic E-state index is -3.89. The van der Waals surface area contributed by atoms with E-state index in [-0.39, 0.29) is 23.2 Å². The molecule has 31 heavy (non-hydrogen) atoms. The van der Waals surface area contributed by atoms with Gasteiger partial charge in [-0.3, -0.25) is 15.0 Å². The van der Waals surface area contributed by atoms with E-state index in [1.807, 2.05) is 43.3 Å². The lowest BCUT2D eigenvalue weighted by atomic mass is 10.0. The maximum absolute atomic E-state index is 12.9. The molecule has 0 amide bonds. The fourth-order valence-corrected chi connectivity index (χ4v) is 4.70. The van der Waals surface area contributed by atoms with E-state index >= 15 is 0 Å². The Hall–Kier alpha value is -2.53. The van der Waals surface area contributed by atoms with Crippen LogP contribution in [0.3, 0.4) is 0 Å².